The number of benzene rings is 1. The van der Waals surface area contributed by atoms with Crippen LogP contribution in [0, 0.1) is 6.92 Å². The minimum atomic E-state index is -0.247. The summed E-state index contributed by atoms with van der Waals surface area (Å²) < 4.78 is 0.956. The molecule has 17 heavy (non-hydrogen) atoms. The van der Waals surface area contributed by atoms with Crippen LogP contribution in [0.1, 0.15) is 16.1 Å². The number of rotatable bonds is 2. The second-order valence-electron chi connectivity index (χ2n) is 3.51. The third-order valence-corrected chi connectivity index (χ3v) is 3.10. The van der Waals surface area contributed by atoms with Crippen molar-refractivity contribution in [1.29, 1.82) is 0 Å². The predicted octanol–water partition coefficient (Wildman–Crippen LogP) is 2.80. The van der Waals surface area contributed by atoms with E-state index in [2.05, 4.69) is 31.2 Å². The van der Waals surface area contributed by atoms with Gasteiger partial charge in [-0.15, -0.1) is 0 Å². The standard InChI is InChI=1S/C12H10BrN3O/c1-8-2-3-9(6-10(8)13)16-12(17)11-4-5-14-7-15-11/h2-7H,1H3,(H,16,17). The number of carbonyl (C=O) groups is 1. The van der Waals surface area contributed by atoms with Crippen LogP contribution in [-0.4, -0.2) is 15.9 Å². The molecule has 1 amide bonds. The summed E-state index contributed by atoms with van der Waals surface area (Å²) in [5, 5.41) is 2.77. The molecule has 0 fully saturated rings. The molecule has 0 unspecified atom stereocenters. The number of hydrogen-bond acceptors (Lipinski definition) is 3. The van der Waals surface area contributed by atoms with E-state index in [9.17, 15) is 4.79 Å². The van der Waals surface area contributed by atoms with Crippen LogP contribution in [0.2, 0.25) is 0 Å². The highest BCUT2D eigenvalue weighted by Crippen LogP contribution is 2.20. The van der Waals surface area contributed by atoms with Crippen molar-refractivity contribution in [3.8, 4) is 0 Å². The Kier molecular flexibility index (Phi) is 3.49. The molecule has 4 nitrogen and oxygen atoms in total. The first kappa shape index (κ1) is 11.7. The Balaban J connectivity index is 2.16. The molecule has 0 bridgehead atoms. The quantitative estimate of drug-likeness (QED) is 0.926. The lowest BCUT2D eigenvalue weighted by Gasteiger charge is -2.06. The fraction of sp³-hybridized carbons (Fsp3) is 0.0833. The minimum Gasteiger partial charge on any atom is -0.321 e. The fourth-order valence-corrected chi connectivity index (χ4v) is 1.67. The third kappa shape index (κ3) is 2.88. The molecular weight excluding hydrogens is 282 g/mol. The van der Waals surface area contributed by atoms with E-state index >= 15 is 0 Å². The van der Waals surface area contributed by atoms with Crippen LogP contribution in [0.15, 0.2) is 41.3 Å². The van der Waals surface area contributed by atoms with Crippen molar-refractivity contribution in [2.24, 2.45) is 0 Å². The molecule has 0 spiro atoms. The number of amides is 1. The van der Waals surface area contributed by atoms with Crippen molar-refractivity contribution in [3.63, 3.8) is 0 Å². The molecule has 1 N–H and O–H groups in total. The molecule has 1 aromatic heterocycles. The van der Waals surface area contributed by atoms with Gasteiger partial charge in [-0.25, -0.2) is 9.97 Å². The monoisotopic (exact) mass is 291 g/mol. The van der Waals surface area contributed by atoms with E-state index in [0.717, 1.165) is 15.7 Å². The van der Waals surface area contributed by atoms with Gasteiger partial charge in [0.15, 0.2) is 0 Å². The lowest BCUT2D eigenvalue weighted by atomic mass is 10.2. The number of aryl methyl sites for hydroxylation is 1. The van der Waals surface area contributed by atoms with Crippen molar-refractivity contribution >= 4 is 27.5 Å². The lowest BCUT2D eigenvalue weighted by Crippen LogP contribution is -2.13. The molecule has 0 atom stereocenters. The number of carbonyl (C=O) groups excluding carboxylic acids is 1. The van der Waals surface area contributed by atoms with Crippen molar-refractivity contribution in [1.82, 2.24) is 9.97 Å². The van der Waals surface area contributed by atoms with Crippen LogP contribution in [-0.2, 0) is 0 Å². The number of nitrogens with one attached hydrogen (secondary N) is 1. The van der Waals surface area contributed by atoms with Crippen molar-refractivity contribution < 1.29 is 4.79 Å². The first-order valence-electron chi connectivity index (χ1n) is 5.00. The van der Waals surface area contributed by atoms with Gasteiger partial charge in [0, 0.05) is 16.4 Å². The second kappa shape index (κ2) is 5.05. The van der Waals surface area contributed by atoms with E-state index < -0.39 is 0 Å². The first-order valence-corrected chi connectivity index (χ1v) is 5.79. The normalized spacial score (nSPS) is 10.0. The average molecular weight is 292 g/mol. The summed E-state index contributed by atoms with van der Waals surface area (Å²) in [6.45, 7) is 1.99. The zero-order valence-electron chi connectivity index (χ0n) is 9.14. The summed E-state index contributed by atoms with van der Waals surface area (Å²) in [6, 6.07) is 7.20. The topological polar surface area (TPSA) is 54.9 Å². The maximum absolute atomic E-state index is 11.8. The van der Waals surface area contributed by atoms with E-state index in [1.54, 1.807) is 6.07 Å². The Hall–Kier alpha value is -1.75. The third-order valence-electron chi connectivity index (χ3n) is 2.24. The molecule has 0 aliphatic heterocycles. The van der Waals surface area contributed by atoms with Gasteiger partial charge in [-0.2, -0.15) is 0 Å². The molecule has 5 heteroatoms. The summed E-state index contributed by atoms with van der Waals surface area (Å²) in [7, 11) is 0. The Morgan fingerprint density at radius 2 is 2.18 bits per heavy atom. The highest BCUT2D eigenvalue weighted by atomic mass is 79.9. The van der Waals surface area contributed by atoms with Crippen molar-refractivity contribution in [2.75, 3.05) is 5.32 Å². The molecule has 86 valence electrons. The molecule has 2 rings (SSSR count). The largest absolute Gasteiger partial charge is 0.321 e. The molecule has 0 radical (unpaired) electrons. The minimum absolute atomic E-state index is 0.247. The predicted molar refractivity (Wildman–Crippen MR) is 68.9 cm³/mol. The molecular formula is C12H10BrN3O. The highest BCUT2D eigenvalue weighted by molar-refractivity contribution is 9.10. The molecule has 1 aromatic carbocycles. The van der Waals surface area contributed by atoms with Gasteiger partial charge in [0.1, 0.15) is 12.0 Å². The van der Waals surface area contributed by atoms with Gasteiger partial charge in [0.25, 0.3) is 5.91 Å². The van der Waals surface area contributed by atoms with E-state index in [1.165, 1.54) is 12.5 Å². The van der Waals surface area contributed by atoms with Gasteiger partial charge in [-0.05, 0) is 30.7 Å². The average Bonchev–Trinajstić information content (AvgIpc) is 2.35. The first-order chi connectivity index (χ1) is 8.16. The smallest absolute Gasteiger partial charge is 0.274 e. The molecule has 0 saturated carbocycles. The van der Waals surface area contributed by atoms with Crippen molar-refractivity contribution in [3.05, 3.63) is 52.5 Å². The van der Waals surface area contributed by atoms with Crippen LogP contribution < -0.4 is 5.32 Å². The van der Waals surface area contributed by atoms with Gasteiger partial charge < -0.3 is 5.32 Å². The molecule has 0 aliphatic carbocycles. The van der Waals surface area contributed by atoms with E-state index in [0.29, 0.717) is 5.69 Å². The van der Waals surface area contributed by atoms with Gasteiger partial charge in [-0.3, -0.25) is 4.79 Å². The number of anilines is 1. The lowest BCUT2D eigenvalue weighted by molar-refractivity contribution is 0.102. The maximum Gasteiger partial charge on any atom is 0.274 e. The van der Waals surface area contributed by atoms with Crippen molar-refractivity contribution in [2.45, 2.75) is 6.92 Å². The zero-order chi connectivity index (χ0) is 12.3. The Bertz CT molecular complexity index is 543. The van der Waals surface area contributed by atoms with Gasteiger partial charge >= 0.3 is 0 Å². The number of aromatic nitrogens is 2. The Morgan fingerprint density at radius 1 is 1.35 bits per heavy atom. The van der Waals surface area contributed by atoms with Gasteiger partial charge in [-0.1, -0.05) is 22.0 Å². The van der Waals surface area contributed by atoms with Gasteiger partial charge in [0.2, 0.25) is 0 Å². The zero-order valence-corrected chi connectivity index (χ0v) is 10.7. The van der Waals surface area contributed by atoms with Gasteiger partial charge in [0.05, 0.1) is 0 Å². The molecule has 1 heterocycles. The molecule has 2 aromatic rings. The van der Waals surface area contributed by atoms with Crippen LogP contribution in [0.4, 0.5) is 5.69 Å². The number of hydrogen-bond donors (Lipinski definition) is 1. The Morgan fingerprint density at radius 3 is 2.82 bits per heavy atom. The maximum atomic E-state index is 11.8. The summed E-state index contributed by atoms with van der Waals surface area (Å²) >= 11 is 3.42. The summed E-state index contributed by atoms with van der Waals surface area (Å²) in [5.41, 5.74) is 2.19. The summed E-state index contributed by atoms with van der Waals surface area (Å²) in [6.07, 6.45) is 2.88. The number of halogens is 1. The summed E-state index contributed by atoms with van der Waals surface area (Å²) in [5.74, 6) is -0.247. The summed E-state index contributed by atoms with van der Waals surface area (Å²) in [4.78, 5) is 19.4. The van der Waals surface area contributed by atoms with Crippen LogP contribution >= 0.6 is 15.9 Å². The SMILES string of the molecule is Cc1ccc(NC(=O)c2ccncn2)cc1Br. The van der Waals surface area contributed by atoms with Crippen LogP contribution in [0.5, 0.6) is 0 Å². The highest BCUT2D eigenvalue weighted by Gasteiger charge is 2.07. The van der Waals surface area contributed by atoms with E-state index in [1.807, 2.05) is 25.1 Å². The van der Waals surface area contributed by atoms with E-state index in [4.69, 9.17) is 0 Å². The number of nitrogens with zero attached hydrogens (tertiary/aromatic N) is 2. The fourth-order valence-electron chi connectivity index (χ4n) is 1.29. The Labute approximate surface area is 107 Å². The van der Waals surface area contributed by atoms with Crippen LogP contribution in [0.25, 0.3) is 0 Å². The molecule has 0 aliphatic rings. The van der Waals surface area contributed by atoms with Crippen LogP contribution in [0.3, 0.4) is 0 Å². The molecule has 0 saturated heterocycles. The second-order valence-corrected chi connectivity index (χ2v) is 4.37. The van der Waals surface area contributed by atoms with E-state index in [-0.39, 0.29) is 5.91 Å².